The summed E-state index contributed by atoms with van der Waals surface area (Å²) in [6.07, 6.45) is 2.26. The smallest absolute Gasteiger partial charge is 0.319 e. The van der Waals surface area contributed by atoms with Crippen LogP contribution < -0.4 is 5.32 Å². The molecule has 1 aliphatic rings. The van der Waals surface area contributed by atoms with Gasteiger partial charge >= 0.3 is 6.03 Å². The Balaban J connectivity index is 2.33. The third-order valence-corrected chi connectivity index (χ3v) is 4.68. The number of urea groups is 1. The van der Waals surface area contributed by atoms with Crippen molar-refractivity contribution >= 4 is 21.8 Å². The molecular weight excluding hydrogens is 304 g/mol. The van der Waals surface area contributed by atoms with Crippen molar-refractivity contribution in [3.63, 3.8) is 0 Å². The molecule has 1 aromatic carbocycles. The van der Waals surface area contributed by atoms with Crippen LogP contribution in [0.1, 0.15) is 25.3 Å². The number of imide groups is 1. The molecule has 0 radical (unpaired) electrons. The highest BCUT2D eigenvalue weighted by atomic mass is 32.2. The maximum atomic E-state index is 12.8. The SMILES string of the molecule is CCCC1(c2ccccc2)NC(=O)N(CCS(C)(=O)=O)C1=O. The van der Waals surface area contributed by atoms with Crippen LogP contribution in [0.15, 0.2) is 30.3 Å². The van der Waals surface area contributed by atoms with Gasteiger partial charge in [0.1, 0.15) is 15.4 Å². The van der Waals surface area contributed by atoms with E-state index in [1.165, 1.54) is 0 Å². The van der Waals surface area contributed by atoms with E-state index in [1.54, 1.807) is 12.1 Å². The van der Waals surface area contributed by atoms with E-state index >= 15 is 0 Å². The standard InChI is InChI=1S/C15H20N2O4S/c1-3-9-15(12-7-5-4-6-8-12)13(18)17(14(19)16-15)10-11-22(2,20)21/h4-8H,3,9-11H2,1-2H3,(H,16,19). The lowest BCUT2D eigenvalue weighted by molar-refractivity contribution is -0.131. The lowest BCUT2D eigenvalue weighted by Crippen LogP contribution is -2.44. The third-order valence-electron chi connectivity index (χ3n) is 3.75. The van der Waals surface area contributed by atoms with Gasteiger partial charge in [-0.15, -0.1) is 0 Å². The first-order valence-electron chi connectivity index (χ1n) is 7.17. The van der Waals surface area contributed by atoms with Gasteiger partial charge in [-0.3, -0.25) is 9.69 Å². The van der Waals surface area contributed by atoms with Crippen molar-refractivity contribution in [2.45, 2.75) is 25.3 Å². The quantitative estimate of drug-likeness (QED) is 0.799. The van der Waals surface area contributed by atoms with Crippen LogP contribution in [-0.2, 0) is 20.2 Å². The Labute approximate surface area is 130 Å². The molecule has 3 amide bonds. The third kappa shape index (κ3) is 3.14. The maximum Gasteiger partial charge on any atom is 0.325 e. The summed E-state index contributed by atoms with van der Waals surface area (Å²) in [6.45, 7) is 1.81. The van der Waals surface area contributed by atoms with Crippen LogP contribution in [0.4, 0.5) is 4.79 Å². The van der Waals surface area contributed by atoms with Gasteiger partial charge in [0.25, 0.3) is 5.91 Å². The highest BCUT2D eigenvalue weighted by molar-refractivity contribution is 7.90. The zero-order valence-electron chi connectivity index (χ0n) is 12.7. The van der Waals surface area contributed by atoms with Gasteiger partial charge in [0.2, 0.25) is 0 Å². The molecule has 1 N–H and O–H groups in total. The molecule has 120 valence electrons. The van der Waals surface area contributed by atoms with Gasteiger partial charge in [0.15, 0.2) is 0 Å². The topological polar surface area (TPSA) is 83.6 Å². The van der Waals surface area contributed by atoms with Crippen LogP contribution in [0, 0.1) is 0 Å². The van der Waals surface area contributed by atoms with Crippen molar-refractivity contribution in [3.8, 4) is 0 Å². The zero-order chi connectivity index (χ0) is 16.4. The highest BCUT2D eigenvalue weighted by Gasteiger charge is 2.51. The fraction of sp³-hybridized carbons (Fsp3) is 0.467. The first-order valence-corrected chi connectivity index (χ1v) is 9.23. The van der Waals surface area contributed by atoms with Crippen molar-refractivity contribution in [1.82, 2.24) is 10.2 Å². The number of sulfone groups is 1. The Morgan fingerprint density at radius 1 is 1.18 bits per heavy atom. The van der Waals surface area contributed by atoms with Gasteiger partial charge in [0, 0.05) is 12.8 Å². The molecule has 1 aromatic rings. The number of rotatable bonds is 6. The molecule has 0 aromatic heterocycles. The maximum absolute atomic E-state index is 12.8. The van der Waals surface area contributed by atoms with Gasteiger partial charge in [-0.2, -0.15) is 0 Å². The number of hydrogen-bond donors (Lipinski definition) is 1. The summed E-state index contributed by atoms with van der Waals surface area (Å²) >= 11 is 0. The number of nitrogens with one attached hydrogen (secondary N) is 1. The van der Waals surface area contributed by atoms with Crippen LogP contribution in [0.25, 0.3) is 0 Å². The minimum absolute atomic E-state index is 0.123. The Bertz CT molecular complexity index is 672. The van der Waals surface area contributed by atoms with E-state index in [1.807, 2.05) is 25.1 Å². The number of hydrogen-bond acceptors (Lipinski definition) is 4. The van der Waals surface area contributed by atoms with E-state index in [9.17, 15) is 18.0 Å². The predicted molar refractivity (Wildman–Crippen MR) is 83.0 cm³/mol. The Morgan fingerprint density at radius 3 is 2.36 bits per heavy atom. The summed E-state index contributed by atoms with van der Waals surface area (Å²) in [6, 6.07) is 8.52. The molecule has 2 rings (SSSR count). The largest absolute Gasteiger partial charge is 0.325 e. The second-order valence-corrected chi connectivity index (χ2v) is 7.80. The number of benzene rings is 1. The summed E-state index contributed by atoms with van der Waals surface area (Å²) in [7, 11) is -3.25. The average Bonchev–Trinajstić information content (AvgIpc) is 2.69. The molecular formula is C15H20N2O4S. The normalized spacial score (nSPS) is 22.0. The van der Waals surface area contributed by atoms with E-state index in [2.05, 4.69) is 5.32 Å². The van der Waals surface area contributed by atoms with Gasteiger partial charge in [-0.25, -0.2) is 13.2 Å². The second kappa shape index (κ2) is 6.08. The van der Waals surface area contributed by atoms with E-state index in [0.717, 1.165) is 16.7 Å². The van der Waals surface area contributed by atoms with Crippen molar-refractivity contribution in [3.05, 3.63) is 35.9 Å². The minimum atomic E-state index is -3.25. The van der Waals surface area contributed by atoms with Crippen LogP contribution >= 0.6 is 0 Å². The van der Waals surface area contributed by atoms with Crippen molar-refractivity contribution in [2.24, 2.45) is 0 Å². The molecule has 22 heavy (non-hydrogen) atoms. The number of carbonyl (C=O) groups excluding carboxylic acids is 2. The van der Waals surface area contributed by atoms with Crippen molar-refractivity contribution in [2.75, 3.05) is 18.6 Å². The predicted octanol–water partition coefficient (Wildman–Crippen LogP) is 1.28. The molecule has 0 spiro atoms. The summed E-state index contributed by atoms with van der Waals surface area (Å²) in [5, 5.41) is 2.76. The molecule has 6 nitrogen and oxygen atoms in total. The number of amides is 3. The summed E-state index contributed by atoms with van der Waals surface area (Å²) < 4.78 is 22.6. The molecule has 1 aliphatic heterocycles. The molecule has 0 bridgehead atoms. The van der Waals surface area contributed by atoms with Gasteiger partial charge in [0.05, 0.1) is 5.75 Å². The zero-order valence-corrected chi connectivity index (χ0v) is 13.5. The van der Waals surface area contributed by atoms with Crippen LogP contribution in [0.2, 0.25) is 0 Å². The van der Waals surface area contributed by atoms with E-state index < -0.39 is 21.4 Å². The first kappa shape index (κ1) is 16.5. The van der Waals surface area contributed by atoms with Crippen LogP contribution in [-0.4, -0.2) is 43.8 Å². The Morgan fingerprint density at radius 2 is 1.82 bits per heavy atom. The fourth-order valence-corrected chi connectivity index (χ4v) is 3.21. The van der Waals surface area contributed by atoms with Gasteiger partial charge < -0.3 is 5.32 Å². The van der Waals surface area contributed by atoms with E-state index in [0.29, 0.717) is 12.8 Å². The van der Waals surface area contributed by atoms with E-state index in [4.69, 9.17) is 0 Å². The Hall–Kier alpha value is -1.89. The number of carbonyl (C=O) groups is 2. The highest BCUT2D eigenvalue weighted by Crippen LogP contribution is 2.33. The van der Waals surface area contributed by atoms with Gasteiger partial charge in [-0.1, -0.05) is 43.7 Å². The van der Waals surface area contributed by atoms with Crippen molar-refractivity contribution < 1.29 is 18.0 Å². The molecule has 1 atom stereocenters. The second-order valence-electron chi connectivity index (χ2n) is 5.54. The molecule has 1 fully saturated rings. The van der Waals surface area contributed by atoms with Crippen LogP contribution in [0.5, 0.6) is 0 Å². The molecule has 1 saturated heterocycles. The summed E-state index contributed by atoms with van der Waals surface area (Å²) in [4.78, 5) is 26.0. The first-order chi connectivity index (χ1) is 10.3. The van der Waals surface area contributed by atoms with E-state index in [-0.39, 0.29) is 18.2 Å². The number of nitrogens with zero attached hydrogens (tertiary/aromatic N) is 1. The lowest BCUT2D eigenvalue weighted by atomic mass is 9.85. The average molecular weight is 324 g/mol. The molecule has 1 unspecified atom stereocenters. The Kier molecular flexibility index (Phi) is 4.55. The summed E-state index contributed by atoms with van der Waals surface area (Å²) in [5.41, 5.74) is -0.373. The minimum Gasteiger partial charge on any atom is -0.319 e. The monoisotopic (exact) mass is 324 g/mol. The van der Waals surface area contributed by atoms with Crippen LogP contribution in [0.3, 0.4) is 0 Å². The fourth-order valence-electron chi connectivity index (χ4n) is 2.69. The molecule has 0 saturated carbocycles. The molecule has 1 heterocycles. The lowest BCUT2D eigenvalue weighted by Gasteiger charge is -2.26. The molecule has 7 heteroatoms. The summed E-state index contributed by atoms with van der Waals surface area (Å²) in [5.74, 6) is -0.613. The van der Waals surface area contributed by atoms with Crippen molar-refractivity contribution in [1.29, 1.82) is 0 Å². The molecule has 0 aliphatic carbocycles. The van der Waals surface area contributed by atoms with Gasteiger partial charge in [-0.05, 0) is 12.0 Å².